The lowest BCUT2D eigenvalue weighted by Gasteiger charge is -2.45. The molecule has 3 aliphatic rings. The van der Waals surface area contributed by atoms with Crippen molar-refractivity contribution in [2.45, 2.75) is 63.1 Å². The predicted octanol–water partition coefficient (Wildman–Crippen LogP) is -0.493. The van der Waals surface area contributed by atoms with Crippen LogP contribution >= 0.6 is 0 Å². The summed E-state index contributed by atoms with van der Waals surface area (Å²) in [6.07, 6.45) is -3.98. The number of hydrogen-bond donors (Lipinski definition) is 2. The quantitative estimate of drug-likeness (QED) is 0.687. The van der Waals surface area contributed by atoms with E-state index in [-0.39, 0.29) is 43.0 Å². The van der Waals surface area contributed by atoms with E-state index < -0.39 is 24.6 Å². The molecule has 3 heterocycles. The van der Waals surface area contributed by atoms with Gasteiger partial charge in [-0.3, -0.25) is 0 Å². The molecule has 0 spiro atoms. The molecule has 3 saturated heterocycles. The van der Waals surface area contributed by atoms with Gasteiger partial charge < -0.3 is 38.6 Å². The van der Waals surface area contributed by atoms with Crippen LogP contribution in [0.3, 0.4) is 0 Å². The monoisotopic (exact) mass is 348 g/mol. The molecule has 0 aromatic rings. The van der Waals surface area contributed by atoms with Crippen LogP contribution in [0, 0.1) is 11.8 Å². The van der Waals surface area contributed by atoms with E-state index in [0.29, 0.717) is 6.61 Å². The molecule has 24 heavy (non-hydrogen) atoms. The molecule has 0 aliphatic carbocycles. The lowest BCUT2D eigenvalue weighted by Crippen LogP contribution is -2.59. The number of ether oxygens (including phenoxy) is 6. The van der Waals surface area contributed by atoms with Crippen LogP contribution in [-0.4, -0.2) is 86.9 Å². The lowest BCUT2D eigenvalue weighted by molar-refractivity contribution is -0.328. The van der Waals surface area contributed by atoms with E-state index in [4.69, 9.17) is 28.4 Å². The molecule has 0 aromatic heterocycles. The van der Waals surface area contributed by atoms with Gasteiger partial charge in [0.2, 0.25) is 0 Å². The predicted molar refractivity (Wildman–Crippen MR) is 81.2 cm³/mol. The van der Waals surface area contributed by atoms with Gasteiger partial charge in [-0.25, -0.2) is 0 Å². The van der Waals surface area contributed by atoms with Crippen molar-refractivity contribution in [1.82, 2.24) is 0 Å². The summed E-state index contributed by atoms with van der Waals surface area (Å²) in [5, 5.41) is 20.1. The topological polar surface area (TPSA) is 95.8 Å². The van der Waals surface area contributed by atoms with Crippen LogP contribution in [0.25, 0.3) is 0 Å². The third kappa shape index (κ3) is 3.10. The average Bonchev–Trinajstić information content (AvgIpc) is 2.88. The Morgan fingerprint density at radius 1 is 1.00 bits per heavy atom. The van der Waals surface area contributed by atoms with Crippen molar-refractivity contribution in [2.24, 2.45) is 11.8 Å². The van der Waals surface area contributed by atoms with Gasteiger partial charge in [0.15, 0.2) is 12.6 Å². The van der Waals surface area contributed by atoms with E-state index in [1.54, 1.807) is 7.11 Å². The Hall–Kier alpha value is -0.320. The Labute approximate surface area is 141 Å². The summed E-state index contributed by atoms with van der Waals surface area (Å²) in [5.41, 5.74) is 0. The number of methoxy groups -OCH3 is 2. The first-order valence-electron chi connectivity index (χ1n) is 8.44. The van der Waals surface area contributed by atoms with Gasteiger partial charge in [0.25, 0.3) is 0 Å². The van der Waals surface area contributed by atoms with Crippen LogP contribution in [0.2, 0.25) is 0 Å². The first-order valence-corrected chi connectivity index (χ1v) is 8.44. The fourth-order valence-electron chi connectivity index (χ4n) is 3.95. The van der Waals surface area contributed by atoms with Crippen molar-refractivity contribution in [3.63, 3.8) is 0 Å². The van der Waals surface area contributed by atoms with Gasteiger partial charge in [0, 0.05) is 26.1 Å². The number of rotatable bonds is 5. The highest BCUT2D eigenvalue weighted by molar-refractivity contribution is 4.96. The minimum absolute atomic E-state index is 0.00901. The van der Waals surface area contributed by atoms with Crippen molar-refractivity contribution in [3.05, 3.63) is 0 Å². The third-order valence-electron chi connectivity index (χ3n) is 5.40. The average molecular weight is 348 g/mol. The van der Waals surface area contributed by atoms with Gasteiger partial charge in [-0.05, 0) is 0 Å². The Morgan fingerprint density at radius 3 is 2.38 bits per heavy atom. The summed E-state index contributed by atoms with van der Waals surface area (Å²) in [6.45, 7) is 4.10. The molecular formula is C16H28O8. The Bertz CT molecular complexity index is 421. The van der Waals surface area contributed by atoms with Crippen LogP contribution in [0.1, 0.15) is 13.8 Å². The minimum Gasteiger partial charge on any atom is -0.394 e. The zero-order valence-electron chi connectivity index (χ0n) is 14.5. The molecule has 8 nitrogen and oxygen atoms in total. The fraction of sp³-hybridized carbons (Fsp3) is 1.00. The fourth-order valence-corrected chi connectivity index (χ4v) is 3.95. The van der Waals surface area contributed by atoms with Crippen LogP contribution in [0.4, 0.5) is 0 Å². The highest BCUT2D eigenvalue weighted by atomic mass is 16.7. The van der Waals surface area contributed by atoms with Gasteiger partial charge in [-0.1, -0.05) is 13.8 Å². The maximum atomic E-state index is 10.5. The highest BCUT2D eigenvalue weighted by Crippen LogP contribution is 2.38. The van der Waals surface area contributed by atoms with Crippen molar-refractivity contribution in [2.75, 3.05) is 27.4 Å². The van der Waals surface area contributed by atoms with Crippen molar-refractivity contribution in [3.8, 4) is 0 Å². The minimum atomic E-state index is -0.956. The first-order chi connectivity index (χ1) is 11.5. The Morgan fingerprint density at radius 2 is 1.75 bits per heavy atom. The number of aliphatic hydroxyl groups excluding tert-OH is 2. The standard InChI is InChI=1S/C16H28O8/c1-7-9(5-17)22-16(11(18)12(7)19-3)24-14-10-6-21-13(14)8(2)15(20-4)23-10/h7-18H,5-6H2,1-4H3/t7-,8?,9?,10?,11?,12-,13-,14-,15-,16-/m0/s1. The van der Waals surface area contributed by atoms with E-state index in [9.17, 15) is 10.2 Å². The van der Waals surface area contributed by atoms with E-state index in [1.807, 2.05) is 13.8 Å². The van der Waals surface area contributed by atoms with E-state index >= 15 is 0 Å². The molecule has 3 aliphatic heterocycles. The molecule has 2 N–H and O–H groups in total. The zero-order valence-corrected chi connectivity index (χ0v) is 14.5. The second-order valence-corrected chi connectivity index (χ2v) is 6.81. The molecule has 10 atom stereocenters. The van der Waals surface area contributed by atoms with Crippen molar-refractivity contribution < 1.29 is 38.6 Å². The molecule has 0 amide bonds. The summed E-state index contributed by atoms with van der Waals surface area (Å²) < 4.78 is 34.2. The summed E-state index contributed by atoms with van der Waals surface area (Å²) >= 11 is 0. The summed E-state index contributed by atoms with van der Waals surface area (Å²) in [5.74, 6) is -0.160. The maximum Gasteiger partial charge on any atom is 0.187 e. The van der Waals surface area contributed by atoms with E-state index in [2.05, 4.69) is 0 Å². The summed E-state index contributed by atoms with van der Waals surface area (Å²) in [7, 11) is 3.13. The van der Waals surface area contributed by atoms with Crippen LogP contribution in [0.15, 0.2) is 0 Å². The first kappa shape index (κ1) is 18.5. The van der Waals surface area contributed by atoms with Crippen LogP contribution < -0.4 is 0 Å². The Kier molecular flexibility index (Phi) is 5.78. The van der Waals surface area contributed by atoms with E-state index in [0.717, 1.165) is 0 Å². The smallest absolute Gasteiger partial charge is 0.187 e. The summed E-state index contributed by atoms with van der Waals surface area (Å²) in [6, 6.07) is 0. The lowest BCUT2D eigenvalue weighted by atomic mass is 9.90. The molecule has 3 fully saturated rings. The Balaban J connectivity index is 1.71. The molecule has 4 unspecified atom stereocenters. The number of fused-ring (bicyclic) bond motifs is 2. The van der Waals surface area contributed by atoms with E-state index in [1.165, 1.54) is 7.11 Å². The van der Waals surface area contributed by atoms with Crippen molar-refractivity contribution in [1.29, 1.82) is 0 Å². The molecule has 0 radical (unpaired) electrons. The van der Waals surface area contributed by atoms with Gasteiger partial charge in [0.1, 0.15) is 18.3 Å². The second-order valence-electron chi connectivity index (χ2n) is 6.81. The molecule has 8 heteroatoms. The summed E-state index contributed by atoms with van der Waals surface area (Å²) in [4.78, 5) is 0. The largest absolute Gasteiger partial charge is 0.394 e. The van der Waals surface area contributed by atoms with Gasteiger partial charge in [-0.15, -0.1) is 0 Å². The van der Waals surface area contributed by atoms with Gasteiger partial charge >= 0.3 is 0 Å². The van der Waals surface area contributed by atoms with Gasteiger partial charge in [0.05, 0.1) is 31.5 Å². The molecule has 2 bridgehead atoms. The maximum absolute atomic E-state index is 10.5. The SMILES string of the molecule is CO[C@H]1OC2CO[C@@H](C1C)[C@H]2O[C@@H]1OC(CO)[C@H](C)[C@H](OC)C1O. The number of hydrogen-bond acceptors (Lipinski definition) is 8. The molecular weight excluding hydrogens is 320 g/mol. The molecule has 3 rings (SSSR count). The third-order valence-corrected chi connectivity index (χ3v) is 5.40. The van der Waals surface area contributed by atoms with Crippen molar-refractivity contribution >= 4 is 0 Å². The van der Waals surface area contributed by atoms with Crippen LogP contribution in [-0.2, 0) is 28.4 Å². The molecule has 0 saturated carbocycles. The van der Waals surface area contributed by atoms with Crippen LogP contribution in [0.5, 0.6) is 0 Å². The number of aliphatic hydroxyl groups is 2. The van der Waals surface area contributed by atoms with Gasteiger partial charge in [-0.2, -0.15) is 0 Å². The normalized spacial score (nSPS) is 51.8. The second kappa shape index (κ2) is 7.51. The highest BCUT2D eigenvalue weighted by Gasteiger charge is 2.53. The zero-order chi connectivity index (χ0) is 17.4. The molecule has 0 aromatic carbocycles. The molecule has 140 valence electrons.